The highest BCUT2D eigenvalue weighted by Crippen LogP contribution is 2.38. The fourth-order valence-electron chi connectivity index (χ4n) is 2.74. The molecule has 1 atom stereocenters. The van der Waals surface area contributed by atoms with E-state index in [0.717, 1.165) is 17.7 Å². The van der Waals surface area contributed by atoms with Crippen molar-refractivity contribution >= 4 is 23.4 Å². The van der Waals surface area contributed by atoms with Gasteiger partial charge in [0, 0.05) is 34.7 Å². The third-order valence-electron chi connectivity index (χ3n) is 3.87. The summed E-state index contributed by atoms with van der Waals surface area (Å²) in [5, 5.41) is 11.5. The maximum atomic E-state index is 11.1. The summed E-state index contributed by atoms with van der Waals surface area (Å²) in [5.41, 5.74) is 11.9. The maximum absolute atomic E-state index is 11.1. The Kier molecular flexibility index (Phi) is 5.79. The van der Waals surface area contributed by atoms with Crippen molar-refractivity contribution in [3.8, 4) is 0 Å². The maximum Gasteiger partial charge on any atom is 0.269 e. The van der Waals surface area contributed by atoms with Gasteiger partial charge in [0.2, 0.25) is 5.91 Å². The molecule has 1 aromatic carbocycles. The van der Waals surface area contributed by atoms with Gasteiger partial charge in [-0.25, -0.2) is 0 Å². The van der Waals surface area contributed by atoms with Gasteiger partial charge in [-0.1, -0.05) is 19.3 Å². The zero-order valence-corrected chi connectivity index (χ0v) is 13.2. The number of carbonyl (C=O) groups excluding carboxylic acids is 1. The molecular formula is C15H21N3O3S. The van der Waals surface area contributed by atoms with E-state index in [1.54, 1.807) is 17.8 Å². The summed E-state index contributed by atoms with van der Waals surface area (Å²) in [6.07, 6.45) is 5.98. The number of nitro benzene ring substituents is 1. The Bertz CT molecular complexity index is 559. The number of hydrogen-bond donors (Lipinski definition) is 2. The Morgan fingerprint density at radius 1 is 1.36 bits per heavy atom. The molecular weight excluding hydrogens is 302 g/mol. The Hall–Kier alpha value is -1.60. The number of rotatable bonds is 6. The van der Waals surface area contributed by atoms with Crippen LogP contribution in [0.1, 0.15) is 50.1 Å². The molecule has 1 saturated carbocycles. The fourth-order valence-corrected chi connectivity index (χ4v) is 4.16. The summed E-state index contributed by atoms with van der Waals surface area (Å²) in [6, 6.07) is 4.10. The largest absolute Gasteiger partial charge is 0.370 e. The van der Waals surface area contributed by atoms with Crippen molar-refractivity contribution < 1.29 is 9.72 Å². The van der Waals surface area contributed by atoms with Crippen LogP contribution >= 0.6 is 11.8 Å². The average Bonchev–Trinajstić information content (AvgIpc) is 2.47. The van der Waals surface area contributed by atoms with E-state index in [4.69, 9.17) is 11.5 Å². The Morgan fingerprint density at radius 3 is 2.64 bits per heavy atom. The van der Waals surface area contributed by atoms with Gasteiger partial charge in [-0.3, -0.25) is 14.9 Å². The van der Waals surface area contributed by atoms with Crippen LogP contribution in [-0.2, 0) is 4.79 Å². The zero-order valence-electron chi connectivity index (χ0n) is 12.4. The lowest BCUT2D eigenvalue weighted by molar-refractivity contribution is -0.385. The first kappa shape index (κ1) is 16.8. The molecule has 7 heteroatoms. The van der Waals surface area contributed by atoms with E-state index < -0.39 is 16.9 Å². The molecule has 1 amide bonds. The third-order valence-corrected chi connectivity index (χ3v) is 5.30. The smallest absolute Gasteiger partial charge is 0.269 e. The van der Waals surface area contributed by atoms with Crippen molar-refractivity contribution in [1.82, 2.24) is 0 Å². The predicted octanol–water partition coefficient (Wildman–Crippen LogP) is 2.89. The number of nitro groups is 1. The second-order valence-electron chi connectivity index (χ2n) is 5.63. The summed E-state index contributed by atoms with van der Waals surface area (Å²) in [5.74, 6) is -0.507. The molecule has 0 radical (unpaired) electrons. The lowest BCUT2D eigenvalue weighted by Gasteiger charge is -2.23. The topological polar surface area (TPSA) is 112 Å². The number of nitrogens with zero attached hydrogens (tertiary/aromatic N) is 1. The Labute approximate surface area is 133 Å². The van der Waals surface area contributed by atoms with Crippen LogP contribution in [-0.4, -0.2) is 16.1 Å². The summed E-state index contributed by atoms with van der Waals surface area (Å²) >= 11 is 1.71. The number of primary amides is 1. The monoisotopic (exact) mass is 323 g/mol. The molecule has 2 rings (SSSR count). The highest BCUT2D eigenvalue weighted by Gasteiger charge is 2.21. The molecule has 0 saturated heterocycles. The highest BCUT2D eigenvalue weighted by atomic mass is 32.2. The normalized spacial score (nSPS) is 17.1. The third kappa shape index (κ3) is 4.45. The van der Waals surface area contributed by atoms with E-state index in [1.807, 2.05) is 0 Å². The minimum atomic E-state index is -0.608. The molecule has 0 heterocycles. The van der Waals surface area contributed by atoms with Crippen LogP contribution in [0.2, 0.25) is 0 Å². The van der Waals surface area contributed by atoms with Crippen LogP contribution < -0.4 is 11.5 Å². The summed E-state index contributed by atoms with van der Waals surface area (Å²) < 4.78 is 0. The first-order valence-electron chi connectivity index (χ1n) is 7.46. The van der Waals surface area contributed by atoms with E-state index >= 15 is 0 Å². The standard InChI is InChI=1S/C15H21N3O3S/c16-13(9-15(17)19)12-8-10(18(20)21)6-7-14(12)22-11-4-2-1-3-5-11/h6-8,11,13H,1-5,9,16H2,(H2,17,19). The van der Waals surface area contributed by atoms with Crippen molar-refractivity contribution in [2.24, 2.45) is 11.5 Å². The van der Waals surface area contributed by atoms with Gasteiger partial charge in [0.25, 0.3) is 5.69 Å². The van der Waals surface area contributed by atoms with Crippen LogP contribution in [0.4, 0.5) is 5.69 Å². The number of amides is 1. The number of carbonyl (C=O) groups is 1. The lowest BCUT2D eigenvalue weighted by atomic mass is 10.0. The van der Waals surface area contributed by atoms with Gasteiger partial charge >= 0.3 is 0 Å². The van der Waals surface area contributed by atoms with Crippen molar-refractivity contribution in [3.63, 3.8) is 0 Å². The quantitative estimate of drug-likeness (QED) is 0.617. The second kappa shape index (κ2) is 7.60. The molecule has 6 nitrogen and oxygen atoms in total. The van der Waals surface area contributed by atoms with Crippen molar-refractivity contribution in [1.29, 1.82) is 0 Å². The van der Waals surface area contributed by atoms with Crippen LogP contribution in [0.15, 0.2) is 23.1 Å². The Balaban J connectivity index is 2.25. The number of non-ortho nitro benzene ring substituents is 1. The zero-order chi connectivity index (χ0) is 16.1. The van der Waals surface area contributed by atoms with E-state index in [2.05, 4.69) is 0 Å². The molecule has 1 unspecified atom stereocenters. The van der Waals surface area contributed by atoms with Crippen molar-refractivity contribution in [2.45, 2.75) is 54.7 Å². The molecule has 0 aliphatic heterocycles. The van der Waals surface area contributed by atoms with Gasteiger partial charge in [0.15, 0.2) is 0 Å². The predicted molar refractivity (Wildman–Crippen MR) is 86.6 cm³/mol. The number of hydrogen-bond acceptors (Lipinski definition) is 5. The minimum absolute atomic E-state index is 0.0112. The first-order chi connectivity index (χ1) is 10.5. The van der Waals surface area contributed by atoms with Gasteiger partial charge in [-0.15, -0.1) is 11.8 Å². The van der Waals surface area contributed by atoms with E-state index in [-0.39, 0.29) is 12.1 Å². The summed E-state index contributed by atoms with van der Waals surface area (Å²) in [6.45, 7) is 0. The number of benzene rings is 1. The summed E-state index contributed by atoms with van der Waals surface area (Å²) in [4.78, 5) is 22.5. The van der Waals surface area contributed by atoms with Gasteiger partial charge in [0.05, 0.1) is 4.92 Å². The van der Waals surface area contributed by atoms with Crippen LogP contribution in [0.3, 0.4) is 0 Å². The highest BCUT2D eigenvalue weighted by molar-refractivity contribution is 8.00. The molecule has 22 heavy (non-hydrogen) atoms. The average molecular weight is 323 g/mol. The first-order valence-corrected chi connectivity index (χ1v) is 8.34. The lowest BCUT2D eigenvalue weighted by Crippen LogP contribution is -2.21. The van der Waals surface area contributed by atoms with Crippen LogP contribution in [0.5, 0.6) is 0 Å². The van der Waals surface area contributed by atoms with Crippen molar-refractivity contribution in [3.05, 3.63) is 33.9 Å². The number of thioether (sulfide) groups is 1. The van der Waals surface area contributed by atoms with E-state index in [1.165, 1.54) is 31.4 Å². The molecule has 120 valence electrons. The number of nitrogens with two attached hydrogens (primary N) is 2. The van der Waals surface area contributed by atoms with Gasteiger partial charge < -0.3 is 11.5 Å². The van der Waals surface area contributed by atoms with Crippen LogP contribution in [0, 0.1) is 10.1 Å². The van der Waals surface area contributed by atoms with Gasteiger partial charge in [-0.2, -0.15) is 0 Å². The fraction of sp³-hybridized carbons (Fsp3) is 0.533. The molecule has 0 aromatic heterocycles. The molecule has 1 aromatic rings. The molecule has 4 N–H and O–H groups in total. The molecule has 0 bridgehead atoms. The minimum Gasteiger partial charge on any atom is -0.370 e. The Morgan fingerprint density at radius 2 is 2.05 bits per heavy atom. The summed E-state index contributed by atoms with van der Waals surface area (Å²) in [7, 11) is 0. The van der Waals surface area contributed by atoms with E-state index in [9.17, 15) is 14.9 Å². The van der Waals surface area contributed by atoms with Gasteiger partial charge in [-0.05, 0) is 24.5 Å². The molecule has 1 aliphatic carbocycles. The molecule has 1 aliphatic rings. The second-order valence-corrected chi connectivity index (χ2v) is 6.98. The van der Waals surface area contributed by atoms with Gasteiger partial charge in [0.1, 0.15) is 0 Å². The SMILES string of the molecule is NC(=O)CC(N)c1cc([N+](=O)[O-])ccc1SC1CCCCC1. The molecule has 0 spiro atoms. The molecule has 1 fully saturated rings. The van der Waals surface area contributed by atoms with Crippen LogP contribution in [0.25, 0.3) is 0 Å². The van der Waals surface area contributed by atoms with Crippen molar-refractivity contribution in [2.75, 3.05) is 0 Å². The van der Waals surface area contributed by atoms with E-state index in [0.29, 0.717) is 10.8 Å².